The van der Waals surface area contributed by atoms with Gasteiger partial charge in [-0.1, -0.05) is 0 Å². The number of rotatable bonds is 5. The molecule has 0 aromatic carbocycles. The first-order chi connectivity index (χ1) is 11.3. The van der Waals surface area contributed by atoms with Crippen molar-refractivity contribution in [3.05, 3.63) is 16.8 Å². The highest BCUT2D eigenvalue weighted by atomic mass is 32.1. The van der Waals surface area contributed by atoms with Gasteiger partial charge in [0.1, 0.15) is 0 Å². The van der Waals surface area contributed by atoms with E-state index in [9.17, 15) is 4.79 Å². The molecule has 0 radical (unpaired) electrons. The van der Waals surface area contributed by atoms with Crippen molar-refractivity contribution in [1.82, 2.24) is 14.3 Å². The minimum absolute atomic E-state index is 0.0785. The topological polar surface area (TPSA) is 76.6 Å². The Bertz CT molecular complexity index is 632. The average Bonchev–Trinajstić information content (AvgIpc) is 3.24. The maximum Gasteiger partial charge on any atom is 0.323 e. The number of hydrogen-bond donors (Lipinski definition) is 1. The summed E-state index contributed by atoms with van der Waals surface area (Å²) in [7, 11) is 0. The highest BCUT2D eigenvalue weighted by Gasteiger charge is 2.25. The summed E-state index contributed by atoms with van der Waals surface area (Å²) < 4.78 is 15.2. The molecule has 7 nitrogen and oxygen atoms in total. The molecule has 3 rings (SSSR count). The molecule has 2 aromatic rings. The number of urea groups is 1. The summed E-state index contributed by atoms with van der Waals surface area (Å²) in [5.41, 5.74) is 0.967. The maximum atomic E-state index is 12.3. The van der Waals surface area contributed by atoms with Crippen molar-refractivity contribution in [2.45, 2.75) is 13.0 Å². The van der Waals surface area contributed by atoms with E-state index in [0.29, 0.717) is 43.9 Å². The maximum absolute atomic E-state index is 12.3. The lowest BCUT2D eigenvalue weighted by Crippen LogP contribution is -2.48. The summed E-state index contributed by atoms with van der Waals surface area (Å²) >= 11 is 2.77. The number of aromatic nitrogens is 2. The molecule has 2 amide bonds. The van der Waals surface area contributed by atoms with Crippen LogP contribution in [0.1, 0.15) is 6.92 Å². The lowest BCUT2D eigenvalue weighted by atomic mass is 10.3. The first kappa shape index (κ1) is 16.3. The van der Waals surface area contributed by atoms with Crippen LogP contribution >= 0.6 is 22.9 Å². The Hall–Kier alpha value is -1.55. The Morgan fingerprint density at radius 1 is 1.61 bits per heavy atom. The number of anilines is 1. The Labute approximate surface area is 142 Å². The highest BCUT2D eigenvalue weighted by molar-refractivity contribution is 7.10. The number of carbonyl (C=O) groups excluding carboxylic acids is 1. The summed E-state index contributed by atoms with van der Waals surface area (Å²) in [4.78, 5) is 18.4. The fraction of sp³-hybridized carbons (Fsp3) is 0.500. The summed E-state index contributed by atoms with van der Waals surface area (Å²) in [6.07, 6.45) is -0.0785. The van der Waals surface area contributed by atoms with Crippen LogP contribution in [0.4, 0.5) is 9.93 Å². The summed E-state index contributed by atoms with van der Waals surface area (Å²) in [6, 6.07) is 1.78. The Morgan fingerprint density at radius 3 is 3.30 bits per heavy atom. The van der Waals surface area contributed by atoms with E-state index in [1.54, 1.807) is 16.2 Å². The lowest BCUT2D eigenvalue weighted by Gasteiger charge is -2.32. The normalized spacial score (nSPS) is 18.1. The highest BCUT2D eigenvalue weighted by Crippen LogP contribution is 2.23. The third kappa shape index (κ3) is 4.25. The van der Waals surface area contributed by atoms with Crippen LogP contribution in [-0.2, 0) is 9.47 Å². The number of ether oxygens (including phenoxy) is 2. The molecule has 1 aliphatic rings. The zero-order chi connectivity index (χ0) is 16.1. The van der Waals surface area contributed by atoms with Gasteiger partial charge in [0.05, 0.1) is 25.9 Å². The van der Waals surface area contributed by atoms with Gasteiger partial charge in [0.2, 0.25) is 5.13 Å². The predicted octanol–water partition coefficient (Wildman–Crippen LogP) is 2.54. The van der Waals surface area contributed by atoms with E-state index < -0.39 is 0 Å². The smallest absolute Gasteiger partial charge is 0.323 e. The molecule has 0 bridgehead atoms. The lowest BCUT2D eigenvalue weighted by molar-refractivity contribution is -0.0555. The fourth-order valence-corrected chi connectivity index (χ4v) is 3.42. The van der Waals surface area contributed by atoms with Crippen LogP contribution in [-0.4, -0.2) is 59.3 Å². The van der Waals surface area contributed by atoms with Gasteiger partial charge in [0.25, 0.3) is 0 Å². The van der Waals surface area contributed by atoms with Crippen LogP contribution in [0.15, 0.2) is 16.8 Å². The second-order valence-electron chi connectivity index (χ2n) is 4.96. The van der Waals surface area contributed by atoms with Crippen molar-refractivity contribution < 1.29 is 14.3 Å². The van der Waals surface area contributed by atoms with E-state index in [1.165, 1.54) is 11.5 Å². The van der Waals surface area contributed by atoms with Crippen LogP contribution < -0.4 is 5.32 Å². The van der Waals surface area contributed by atoms with Gasteiger partial charge in [0.15, 0.2) is 5.82 Å². The van der Waals surface area contributed by atoms with Gasteiger partial charge < -0.3 is 14.4 Å². The van der Waals surface area contributed by atoms with Gasteiger partial charge in [-0.25, -0.2) is 4.79 Å². The molecule has 0 saturated carbocycles. The van der Waals surface area contributed by atoms with Gasteiger partial charge in [-0.15, -0.1) is 0 Å². The number of nitrogens with zero attached hydrogens (tertiary/aromatic N) is 3. The molecule has 9 heteroatoms. The zero-order valence-corrected chi connectivity index (χ0v) is 14.4. The van der Waals surface area contributed by atoms with Crippen LogP contribution in [0.25, 0.3) is 11.4 Å². The van der Waals surface area contributed by atoms with E-state index in [4.69, 9.17) is 9.47 Å². The quantitative estimate of drug-likeness (QED) is 0.893. The minimum atomic E-state index is -0.178. The van der Waals surface area contributed by atoms with E-state index in [1.807, 2.05) is 23.8 Å². The fourth-order valence-electron chi connectivity index (χ4n) is 2.21. The Morgan fingerprint density at radius 2 is 2.52 bits per heavy atom. The number of carbonyl (C=O) groups is 1. The number of amides is 2. The monoisotopic (exact) mass is 354 g/mol. The van der Waals surface area contributed by atoms with Crippen molar-refractivity contribution in [3.8, 4) is 11.4 Å². The zero-order valence-electron chi connectivity index (χ0n) is 12.7. The van der Waals surface area contributed by atoms with Crippen LogP contribution in [0.3, 0.4) is 0 Å². The van der Waals surface area contributed by atoms with Gasteiger partial charge >= 0.3 is 6.03 Å². The van der Waals surface area contributed by atoms with Gasteiger partial charge in [-0.2, -0.15) is 20.7 Å². The molecular formula is C14H18N4O3S2. The number of morpholine rings is 1. The molecule has 1 aliphatic heterocycles. The molecule has 0 spiro atoms. The molecule has 1 saturated heterocycles. The second kappa shape index (κ2) is 7.82. The molecule has 2 aromatic heterocycles. The van der Waals surface area contributed by atoms with Crippen molar-refractivity contribution >= 4 is 34.0 Å². The van der Waals surface area contributed by atoms with E-state index in [0.717, 1.165) is 5.56 Å². The van der Waals surface area contributed by atoms with Crippen molar-refractivity contribution in [2.24, 2.45) is 0 Å². The molecule has 0 aliphatic carbocycles. The second-order valence-corrected chi connectivity index (χ2v) is 6.50. The minimum Gasteiger partial charge on any atom is -0.379 e. The molecule has 1 fully saturated rings. The largest absolute Gasteiger partial charge is 0.379 e. The molecule has 1 atom stereocenters. The standard InChI is InChI=1S/C14H18N4O3S2/c1-2-20-8-11-7-18(4-5-21-11)14(19)16-13-15-12(17-23-13)10-3-6-22-9-10/h3,6,9,11H,2,4-5,7-8H2,1H3,(H,15,16,17,19). The molecule has 124 valence electrons. The predicted molar refractivity (Wildman–Crippen MR) is 90.0 cm³/mol. The average molecular weight is 354 g/mol. The summed E-state index contributed by atoms with van der Waals surface area (Å²) in [5, 5.41) is 7.27. The molecule has 1 N–H and O–H groups in total. The third-order valence-electron chi connectivity index (χ3n) is 3.35. The van der Waals surface area contributed by atoms with Crippen molar-refractivity contribution in [2.75, 3.05) is 38.2 Å². The van der Waals surface area contributed by atoms with Gasteiger partial charge in [-0.05, 0) is 18.4 Å². The van der Waals surface area contributed by atoms with E-state index >= 15 is 0 Å². The van der Waals surface area contributed by atoms with Gasteiger partial charge in [0, 0.05) is 35.6 Å². The number of thiophene rings is 1. The van der Waals surface area contributed by atoms with Gasteiger partial charge in [-0.3, -0.25) is 5.32 Å². The third-order valence-corrected chi connectivity index (χ3v) is 4.67. The molecular weight excluding hydrogens is 336 g/mol. The van der Waals surface area contributed by atoms with Crippen molar-refractivity contribution in [1.29, 1.82) is 0 Å². The molecule has 23 heavy (non-hydrogen) atoms. The summed E-state index contributed by atoms with van der Waals surface area (Å²) in [5.74, 6) is 0.641. The van der Waals surface area contributed by atoms with E-state index in [2.05, 4.69) is 14.7 Å². The summed E-state index contributed by atoms with van der Waals surface area (Å²) in [6.45, 7) is 4.67. The molecule has 3 heterocycles. The molecule has 1 unspecified atom stereocenters. The van der Waals surface area contributed by atoms with Crippen LogP contribution in [0.5, 0.6) is 0 Å². The van der Waals surface area contributed by atoms with E-state index in [-0.39, 0.29) is 12.1 Å². The Balaban J connectivity index is 1.56. The first-order valence-electron chi connectivity index (χ1n) is 7.38. The number of nitrogens with one attached hydrogen (secondary N) is 1. The Kier molecular flexibility index (Phi) is 5.55. The number of hydrogen-bond acceptors (Lipinski definition) is 7. The van der Waals surface area contributed by atoms with Crippen LogP contribution in [0, 0.1) is 0 Å². The first-order valence-corrected chi connectivity index (χ1v) is 9.09. The van der Waals surface area contributed by atoms with Crippen LogP contribution in [0.2, 0.25) is 0 Å². The SMILES string of the molecule is CCOCC1CN(C(=O)Nc2nc(-c3ccsc3)ns2)CCO1. The van der Waals surface area contributed by atoms with Crippen molar-refractivity contribution in [3.63, 3.8) is 0 Å².